The van der Waals surface area contributed by atoms with Crippen LogP contribution in [-0.4, -0.2) is 6.21 Å². The zero-order valence-corrected chi connectivity index (χ0v) is 8.59. The Kier molecular flexibility index (Phi) is 6.35. The van der Waals surface area contributed by atoms with E-state index in [1.807, 2.05) is 13.1 Å². The molecule has 0 unspecified atom stereocenters. The van der Waals surface area contributed by atoms with Gasteiger partial charge in [0.15, 0.2) is 0 Å². The lowest BCUT2D eigenvalue weighted by atomic mass is 10.2. The quantitative estimate of drug-likeness (QED) is 0.444. The molecular formula is C11H19N. The minimum atomic E-state index is 0.998. The predicted molar refractivity (Wildman–Crippen MR) is 56.6 cm³/mol. The maximum atomic E-state index is 4.37. The molecule has 0 saturated carbocycles. The number of allylic oxidation sites excluding steroid dienone is 3. The van der Waals surface area contributed by atoms with Gasteiger partial charge < -0.3 is 0 Å². The molecule has 0 bridgehead atoms. The zero-order chi connectivity index (χ0) is 9.40. The molecule has 0 atom stereocenters. The third-order valence-corrected chi connectivity index (χ3v) is 1.65. The number of hydrogen-bond donors (Lipinski definition) is 0. The van der Waals surface area contributed by atoms with Gasteiger partial charge in [0, 0.05) is 6.21 Å². The largest absolute Gasteiger partial charge is 0.261 e. The fourth-order valence-electron chi connectivity index (χ4n) is 0.846. The van der Waals surface area contributed by atoms with Crippen LogP contribution < -0.4 is 0 Å². The average molecular weight is 165 g/mol. The van der Waals surface area contributed by atoms with Crippen molar-refractivity contribution in [3.05, 3.63) is 23.4 Å². The molecule has 0 saturated heterocycles. The summed E-state index contributed by atoms with van der Waals surface area (Å²) in [6.45, 7) is 8.36. The maximum absolute atomic E-state index is 4.37. The zero-order valence-electron chi connectivity index (χ0n) is 8.59. The van der Waals surface area contributed by atoms with Crippen molar-refractivity contribution in [1.29, 1.82) is 0 Å². The van der Waals surface area contributed by atoms with Crippen LogP contribution >= 0.6 is 0 Å². The summed E-state index contributed by atoms with van der Waals surface area (Å²) in [4.78, 5) is 4.37. The fraction of sp³-hybridized carbons (Fsp3) is 0.545. The highest BCUT2D eigenvalue weighted by Crippen LogP contribution is 2.10. The molecule has 68 valence electrons. The van der Waals surface area contributed by atoms with Gasteiger partial charge in [-0.2, -0.15) is 0 Å². The summed E-state index contributed by atoms with van der Waals surface area (Å²) >= 11 is 0. The number of nitrogens with zero attached hydrogens (tertiary/aromatic N) is 1. The molecular weight excluding hydrogens is 146 g/mol. The molecule has 12 heavy (non-hydrogen) atoms. The van der Waals surface area contributed by atoms with Gasteiger partial charge in [-0.3, -0.25) is 4.99 Å². The van der Waals surface area contributed by atoms with Crippen molar-refractivity contribution < 1.29 is 0 Å². The van der Waals surface area contributed by atoms with Gasteiger partial charge in [0.1, 0.15) is 0 Å². The summed E-state index contributed by atoms with van der Waals surface area (Å²) in [7, 11) is 0. The molecule has 0 rings (SSSR count). The highest BCUT2D eigenvalue weighted by Gasteiger charge is 1.93. The second-order valence-electron chi connectivity index (χ2n) is 2.69. The lowest BCUT2D eigenvalue weighted by molar-refractivity contribution is 1.15. The van der Waals surface area contributed by atoms with E-state index in [2.05, 4.69) is 37.9 Å². The molecule has 0 aromatic rings. The lowest BCUT2D eigenvalue weighted by Gasteiger charge is -1.99. The Balaban J connectivity index is 4.45. The molecule has 0 aromatic heterocycles. The van der Waals surface area contributed by atoms with E-state index in [4.69, 9.17) is 0 Å². The van der Waals surface area contributed by atoms with Gasteiger partial charge in [0.25, 0.3) is 0 Å². The first kappa shape index (κ1) is 11.2. The van der Waals surface area contributed by atoms with Crippen LogP contribution in [0.1, 0.15) is 40.5 Å². The van der Waals surface area contributed by atoms with Crippen LogP contribution in [-0.2, 0) is 0 Å². The molecule has 0 fully saturated rings. The summed E-state index contributed by atoms with van der Waals surface area (Å²) < 4.78 is 0. The Morgan fingerprint density at radius 3 is 2.33 bits per heavy atom. The third-order valence-electron chi connectivity index (χ3n) is 1.65. The lowest BCUT2D eigenvalue weighted by Crippen LogP contribution is -1.82. The SMILES string of the molecule is C\C=C(C)/C(=C\CC)/N=C\CC. The van der Waals surface area contributed by atoms with Crippen LogP contribution in [0.2, 0.25) is 0 Å². The van der Waals surface area contributed by atoms with E-state index in [9.17, 15) is 0 Å². The van der Waals surface area contributed by atoms with Crippen LogP contribution in [0.25, 0.3) is 0 Å². The highest BCUT2D eigenvalue weighted by atomic mass is 14.7. The van der Waals surface area contributed by atoms with Crippen LogP contribution in [0.4, 0.5) is 0 Å². The number of hydrogen-bond acceptors (Lipinski definition) is 1. The van der Waals surface area contributed by atoms with Crippen molar-refractivity contribution >= 4 is 6.21 Å². The summed E-state index contributed by atoms with van der Waals surface area (Å²) in [5.41, 5.74) is 2.36. The average Bonchev–Trinajstić information content (AvgIpc) is 2.11. The van der Waals surface area contributed by atoms with Crippen molar-refractivity contribution in [1.82, 2.24) is 0 Å². The number of rotatable bonds is 4. The first-order chi connectivity index (χ1) is 5.76. The van der Waals surface area contributed by atoms with Crippen molar-refractivity contribution in [2.45, 2.75) is 40.5 Å². The van der Waals surface area contributed by atoms with E-state index in [1.165, 1.54) is 5.57 Å². The van der Waals surface area contributed by atoms with Gasteiger partial charge in [-0.05, 0) is 32.3 Å². The van der Waals surface area contributed by atoms with Gasteiger partial charge in [0.05, 0.1) is 5.70 Å². The molecule has 0 aliphatic rings. The van der Waals surface area contributed by atoms with E-state index in [-0.39, 0.29) is 0 Å². The van der Waals surface area contributed by atoms with Crippen molar-refractivity contribution in [2.24, 2.45) is 4.99 Å². The Morgan fingerprint density at radius 2 is 1.92 bits per heavy atom. The molecule has 0 amide bonds. The molecule has 0 aliphatic carbocycles. The van der Waals surface area contributed by atoms with Crippen molar-refractivity contribution in [3.63, 3.8) is 0 Å². The van der Waals surface area contributed by atoms with E-state index in [1.54, 1.807) is 0 Å². The summed E-state index contributed by atoms with van der Waals surface area (Å²) in [5.74, 6) is 0. The second-order valence-corrected chi connectivity index (χ2v) is 2.69. The molecule has 0 radical (unpaired) electrons. The third kappa shape index (κ3) is 4.12. The van der Waals surface area contributed by atoms with E-state index < -0.39 is 0 Å². The Bertz CT molecular complexity index is 197. The Hall–Kier alpha value is -0.850. The fourth-order valence-corrected chi connectivity index (χ4v) is 0.846. The van der Waals surface area contributed by atoms with Crippen molar-refractivity contribution in [3.8, 4) is 0 Å². The minimum Gasteiger partial charge on any atom is -0.261 e. The first-order valence-electron chi connectivity index (χ1n) is 4.62. The molecule has 0 heterocycles. The van der Waals surface area contributed by atoms with E-state index in [0.29, 0.717) is 0 Å². The first-order valence-corrected chi connectivity index (χ1v) is 4.62. The maximum Gasteiger partial charge on any atom is 0.0611 e. The van der Waals surface area contributed by atoms with Gasteiger partial charge in [-0.15, -0.1) is 0 Å². The predicted octanol–water partition coefficient (Wildman–Crippen LogP) is 3.73. The van der Waals surface area contributed by atoms with E-state index in [0.717, 1.165) is 18.5 Å². The smallest absolute Gasteiger partial charge is 0.0611 e. The highest BCUT2D eigenvalue weighted by molar-refractivity contribution is 5.59. The van der Waals surface area contributed by atoms with Gasteiger partial charge >= 0.3 is 0 Å². The molecule has 0 aliphatic heterocycles. The minimum absolute atomic E-state index is 0.998. The topological polar surface area (TPSA) is 12.4 Å². The van der Waals surface area contributed by atoms with Crippen LogP contribution in [0.15, 0.2) is 28.4 Å². The summed E-state index contributed by atoms with van der Waals surface area (Å²) in [5, 5.41) is 0. The van der Waals surface area contributed by atoms with Gasteiger partial charge in [-0.1, -0.05) is 26.0 Å². The van der Waals surface area contributed by atoms with E-state index >= 15 is 0 Å². The van der Waals surface area contributed by atoms with Crippen LogP contribution in [0, 0.1) is 0 Å². The normalized spacial score (nSPS) is 14.3. The summed E-state index contributed by atoms with van der Waals surface area (Å²) in [6.07, 6.45) is 8.24. The van der Waals surface area contributed by atoms with Gasteiger partial charge in [-0.25, -0.2) is 0 Å². The molecule has 1 heteroatoms. The Labute approximate surface area is 75.9 Å². The molecule has 1 nitrogen and oxygen atoms in total. The molecule has 0 N–H and O–H groups in total. The monoisotopic (exact) mass is 165 g/mol. The number of aliphatic imine (C=N–C) groups is 1. The standard InChI is InChI=1S/C11H19N/c1-5-8-11(10(4)7-3)12-9-6-2/h7-9H,5-6H2,1-4H3/b10-7-,11-8+,12-9-. The Morgan fingerprint density at radius 1 is 1.25 bits per heavy atom. The van der Waals surface area contributed by atoms with Crippen LogP contribution in [0.5, 0.6) is 0 Å². The summed E-state index contributed by atoms with van der Waals surface area (Å²) in [6, 6.07) is 0. The molecule has 0 aromatic carbocycles. The second kappa shape index (κ2) is 6.84. The molecule has 0 spiro atoms. The van der Waals surface area contributed by atoms with Crippen molar-refractivity contribution in [2.75, 3.05) is 0 Å². The van der Waals surface area contributed by atoms with Crippen LogP contribution in [0.3, 0.4) is 0 Å². The van der Waals surface area contributed by atoms with Gasteiger partial charge in [0.2, 0.25) is 0 Å².